The van der Waals surface area contributed by atoms with Crippen LogP contribution in [0.4, 0.5) is 11.4 Å². The maximum atomic E-state index is 11.0. The number of benzene rings is 2. The van der Waals surface area contributed by atoms with Crippen molar-refractivity contribution in [2.75, 3.05) is 5.32 Å². The first-order valence-corrected chi connectivity index (χ1v) is 9.57. The van der Waals surface area contributed by atoms with E-state index in [4.69, 9.17) is 0 Å². The lowest BCUT2D eigenvalue weighted by molar-refractivity contribution is 0.447. The summed E-state index contributed by atoms with van der Waals surface area (Å²) in [7, 11) is 0. The first kappa shape index (κ1) is 20.4. The van der Waals surface area contributed by atoms with Crippen LogP contribution in [0.15, 0.2) is 30.3 Å². The first-order chi connectivity index (χ1) is 11.8. The topological polar surface area (TPSA) is 32.3 Å². The molecule has 2 rings (SSSR count). The van der Waals surface area contributed by atoms with Crippen molar-refractivity contribution in [3.05, 3.63) is 52.6 Å². The molecule has 0 radical (unpaired) electrons. The molecule has 2 N–H and O–H groups in total. The van der Waals surface area contributed by atoms with Crippen molar-refractivity contribution in [2.45, 2.75) is 79.1 Å². The zero-order chi connectivity index (χ0) is 19.9. The van der Waals surface area contributed by atoms with Gasteiger partial charge in [-0.1, -0.05) is 79.7 Å². The number of phenolic OH excluding ortho intramolecular Hbond substituents is 1. The molecule has 0 heterocycles. The molecule has 0 atom stereocenters. The number of para-hydroxylation sites is 1. The summed E-state index contributed by atoms with van der Waals surface area (Å²) in [4.78, 5) is 0. The maximum Gasteiger partial charge on any atom is 0.142 e. The quantitative estimate of drug-likeness (QED) is 0.574. The molecular weight excluding hydrogens is 318 g/mol. The Labute approximate surface area is 159 Å². The SMILES string of the molecule is Cc1cccc(C(C)C)c1Nc1cc(C(C)(C)C)cc(C(C)(C)C)c1O. The van der Waals surface area contributed by atoms with Gasteiger partial charge in [-0.3, -0.25) is 0 Å². The van der Waals surface area contributed by atoms with Crippen molar-refractivity contribution in [3.63, 3.8) is 0 Å². The molecule has 2 heteroatoms. The van der Waals surface area contributed by atoms with Crippen molar-refractivity contribution in [3.8, 4) is 5.75 Å². The zero-order valence-corrected chi connectivity index (χ0v) is 17.9. The lowest BCUT2D eigenvalue weighted by Crippen LogP contribution is -2.17. The van der Waals surface area contributed by atoms with Crippen LogP contribution in [0.5, 0.6) is 5.75 Å². The van der Waals surface area contributed by atoms with E-state index in [2.05, 4.69) is 98.0 Å². The van der Waals surface area contributed by atoms with Crippen molar-refractivity contribution in [2.24, 2.45) is 0 Å². The molecule has 2 aromatic rings. The van der Waals surface area contributed by atoms with Gasteiger partial charge in [-0.15, -0.1) is 0 Å². The lowest BCUT2D eigenvalue weighted by Gasteiger charge is -2.28. The van der Waals surface area contributed by atoms with Crippen LogP contribution >= 0.6 is 0 Å². The van der Waals surface area contributed by atoms with Gasteiger partial charge in [0.1, 0.15) is 5.75 Å². The summed E-state index contributed by atoms with van der Waals surface area (Å²) in [5.41, 5.74) is 6.43. The summed E-state index contributed by atoms with van der Waals surface area (Å²) >= 11 is 0. The molecule has 0 spiro atoms. The molecular formula is C24H35NO. The second-order valence-electron chi connectivity index (χ2n) is 9.74. The second kappa shape index (κ2) is 6.98. The van der Waals surface area contributed by atoms with Gasteiger partial charge < -0.3 is 10.4 Å². The molecule has 0 aliphatic heterocycles. The minimum Gasteiger partial charge on any atom is -0.505 e. The smallest absolute Gasteiger partial charge is 0.142 e. The summed E-state index contributed by atoms with van der Waals surface area (Å²) < 4.78 is 0. The van der Waals surface area contributed by atoms with Crippen LogP contribution in [0.3, 0.4) is 0 Å². The number of hydrogen-bond acceptors (Lipinski definition) is 2. The number of nitrogens with one attached hydrogen (secondary N) is 1. The number of aromatic hydroxyl groups is 1. The molecule has 0 amide bonds. The predicted octanol–water partition coefficient (Wildman–Crippen LogP) is 7.16. The van der Waals surface area contributed by atoms with Crippen molar-refractivity contribution < 1.29 is 5.11 Å². The summed E-state index contributed by atoms with van der Waals surface area (Å²) in [5.74, 6) is 0.760. The fourth-order valence-electron chi connectivity index (χ4n) is 3.21. The standard InChI is InChI=1S/C24H35NO/c1-15(2)18-12-10-11-16(3)21(18)25-20-14-17(23(4,5)6)13-19(22(20)26)24(7,8)9/h10-15,25-26H,1-9H3. The van der Waals surface area contributed by atoms with Gasteiger partial charge in [-0.25, -0.2) is 0 Å². The van der Waals surface area contributed by atoms with Crippen LogP contribution in [0, 0.1) is 6.92 Å². The van der Waals surface area contributed by atoms with Gasteiger partial charge >= 0.3 is 0 Å². The minimum atomic E-state index is -0.131. The van der Waals surface area contributed by atoms with E-state index in [0.29, 0.717) is 11.7 Å². The number of phenols is 1. The van der Waals surface area contributed by atoms with Crippen LogP contribution in [-0.4, -0.2) is 5.11 Å². The molecule has 0 aliphatic rings. The average Bonchev–Trinajstić information content (AvgIpc) is 2.48. The van der Waals surface area contributed by atoms with Crippen molar-refractivity contribution in [1.82, 2.24) is 0 Å². The Balaban J connectivity index is 2.68. The monoisotopic (exact) mass is 353 g/mol. The van der Waals surface area contributed by atoms with Crippen molar-refractivity contribution in [1.29, 1.82) is 0 Å². The fourth-order valence-corrected chi connectivity index (χ4v) is 3.21. The van der Waals surface area contributed by atoms with Gasteiger partial charge in [0, 0.05) is 11.3 Å². The number of aryl methyl sites for hydroxylation is 1. The second-order valence-corrected chi connectivity index (χ2v) is 9.74. The third kappa shape index (κ3) is 4.23. The Kier molecular flexibility index (Phi) is 5.46. The Morgan fingerprint density at radius 3 is 2.04 bits per heavy atom. The highest BCUT2D eigenvalue weighted by Crippen LogP contribution is 2.42. The van der Waals surface area contributed by atoms with Gasteiger partial charge in [0.15, 0.2) is 0 Å². The van der Waals surface area contributed by atoms with E-state index in [9.17, 15) is 5.11 Å². The van der Waals surface area contributed by atoms with E-state index in [0.717, 1.165) is 16.9 Å². The van der Waals surface area contributed by atoms with Gasteiger partial charge in [-0.05, 0) is 46.4 Å². The highest BCUT2D eigenvalue weighted by Gasteiger charge is 2.25. The summed E-state index contributed by atoms with van der Waals surface area (Å²) in [6, 6.07) is 10.6. The van der Waals surface area contributed by atoms with E-state index < -0.39 is 0 Å². The molecule has 0 fully saturated rings. The largest absolute Gasteiger partial charge is 0.505 e. The lowest BCUT2D eigenvalue weighted by atomic mass is 9.79. The van der Waals surface area contributed by atoms with E-state index in [-0.39, 0.29) is 10.8 Å². The van der Waals surface area contributed by atoms with E-state index in [1.54, 1.807) is 0 Å². The fraction of sp³-hybridized carbons (Fsp3) is 0.500. The highest BCUT2D eigenvalue weighted by atomic mass is 16.3. The van der Waals surface area contributed by atoms with E-state index in [1.807, 2.05) is 0 Å². The average molecular weight is 354 g/mol. The predicted molar refractivity (Wildman–Crippen MR) is 114 cm³/mol. The molecule has 26 heavy (non-hydrogen) atoms. The third-order valence-corrected chi connectivity index (χ3v) is 4.97. The van der Waals surface area contributed by atoms with Crippen LogP contribution in [0.25, 0.3) is 0 Å². The van der Waals surface area contributed by atoms with Gasteiger partial charge in [0.2, 0.25) is 0 Å². The molecule has 2 aromatic carbocycles. The normalized spacial score (nSPS) is 12.5. The van der Waals surface area contributed by atoms with E-state index >= 15 is 0 Å². The van der Waals surface area contributed by atoms with E-state index in [1.165, 1.54) is 16.7 Å². The van der Waals surface area contributed by atoms with Crippen LogP contribution in [0.2, 0.25) is 0 Å². The number of hydrogen-bond donors (Lipinski definition) is 2. The molecule has 0 aliphatic carbocycles. The van der Waals surface area contributed by atoms with Gasteiger partial charge in [0.25, 0.3) is 0 Å². The molecule has 0 unspecified atom stereocenters. The Hall–Kier alpha value is -1.96. The zero-order valence-electron chi connectivity index (χ0n) is 17.9. The molecule has 0 saturated carbocycles. The summed E-state index contributed by atoms with van der Waals surface area (Å²) in [5, 5.41) is 14.6. The third-order valence-electron chi connectivity index (χ3n) is 4.97. The van der Waals surface area contributed by atoms with Gasteiger partial charge in [0.05, 0.1) is 5.69 Å². The number of rotatable bonds is 3. The molecule has 142 valence electrons. The molecule has 2 nitrogen and oxygen atoms in total. The Bertz CT molecular complexity index is 789. The van der Waals surface area contributed by atoms with Crippen LogP contribution in [0.1, 0.15) is 83.6 Å². The van der Waals surface area contributed by atoms with Crippen LogP contribution in [-0.2, 0) is 10.8 Å². The first-order valence-electron chi connectivity index (χ1n) is 9.57. The Morgan fingerprint density at radius 2 is 1.54 bits per heavy atom. The Morgan fingerprint density at radius 1 is 0.923 bits per heavy atom. The molecule has 0 saturated heterocycles. The summed E-state index contributed by atoms with van der Waals surface area (Å²) in [6.45, 7) is 19.6. The van der Waals surface area contributed by atoms with Gasteiger partial charge in [-0.2, -0.15) is 0 Å². The molecule has 0 aromatic heterocycles. The minimum absolute atomic E-state index is 0.0107. The van der Waals surface area contributed by atoms with Crippen LogP contribution < -0.4 is 5.32 Å². The summed E-state index contributed by atoms with van der Waals surface area (Å²) in [6.07, 6.45) is 0. The molecule has 0 bridgehead atoms. The van der Waals surface area contributed by atoms with Crippen molar-refractivity contribution >= 4 is 11.4 Å². The maximum absolute atomic E-state index is 11.0. The number of anilines is 2. The highest BCUT2D eigenvalue weighted by molar-refractivity contribution is 5.74.